The van der Waals surface area contributed by atoms with Crippen LogP contribution < -0.4 is 5.43 Å². The van der Waals surface area contributed by atoms with Gasteiger partial charge in [-0.2, -0.15) is 10.2 Å². The Bertz CT molecular complexity index is 1250. The maximum absolute atomic E-state index is 13.4. The summed E-state index contributed by atoms with van der Waals surface area (Å²) < 4.78 is 30.1. The molecule has 1 aromatic heterocycles. The van der Waals surface area contributed by atoms with E-state index in [1.54, 1.807) is 19.2 Å². The van der Waals surface area contributed by atoms with Gasteiger partial charge in [0.2, 0.25) is 0 Å². The number of hydrazone groups is 1. The zero-order valence-electron chi connectivity index (χ0n) is 20.5. The molecule has 1 aliphatic rings. The summed E-state index contributed by atoms with van der Waals surface area (Å²) in [6, 6.07) is 10.6. The molecule has 2 N–H and O–H groups in total. The van der Waals surface area contributed by atoms with E-state index in [4.69, 9.17) is 5.41 Å². The van der Waals surface area contributed by atoms with Gasteiger partial charge < -0.3 is 5.43 Å². The monoisotopic (exact) mass is 497 g/mol. The summed E-state index contributed by atoms with van der Waals surface area (Å²) in [6.45, 7) is 9.35. The predicted molar refractivity (Wildman–Crippen MR) is 140 cm³/mol. The summed E-state index contributed by atoms with van der Waals surface area (Å²) in [6.07, 6.45) is 3.13. The van der Waals surface area contributed by atoms with E-state index in [0.29, 0.717) is 19.0 Å². The van der Waals surface area contributed by atoms with Crippen molar-refractivity contribution in [3.05, 3.63) is 59.5 Å². The van der Waals surface area contributed by atoms with Crippen LogP contribution in [0.15, 0.2) is 47.7 Å². The fourth-order valence-corrected chi connectivity index (χ4v) is 5.52. The van der Waals surface area contributed by atoms with Crippen LogP contribution in [0.25, 0.3) is 16.6 Å². The first-order valence-electron chi connectivity index (χ1n) is 11.7. The van der Waals surface area contributed by atoms with Crippen LogP contribution in [-0.4, -0.2) is 67.7 Å². The minimum Gasteiger partial charge on any atom is -0.313 e. The van der Waals surface area contributed by atoms with E-state index in [1.807, 2.05) is 15.2 Å². The molecule has 0 bridgehead atoms. The Morgan fingerprint density at radius 3 is 2.74 bits per heavy atom. The summed E-state index contributed by atoms with van der Waals surface area (Å²) in [5.41, 5.74) is 6.63. The molecule has 0 saturated carbocycles. The molecule has 10 heteroatoms. The topological polar surface area (TPSA) is 89.6 Å². The lowest BCUT2D eigenvalue weighted by Gasteiger charge is -2.42. The molecule has 3 aromatic rings. The van der Waals surface area contributed by atoms with Crippen LogP contribution >= 0.6 is 0 Å². The van der Waals surface area contributed by atoms with Gasteiger partial charge in [0.1, 0.15) is 16.8 Å². The van der Waals surface area contributed by atoms with Gasteiger partial charge in [0, 0.05) is 44.7 Å². The lowest BCUT2D eigenvalue weighted by Crippen LogP contribution is -2.51. The Balaban J connectivity index is 1.68. The average molecular weight is 498 g/mol. The Labute approximate surface area is 207 Å². The maximum Gasteiger partial charge on any atom is 0.154 e. The Morgan fingerprint density at radius 2 is 2.06 bits per heavy atom. The normalized spacial score (nSPS) is 18.5. The van der Waals surface area contributed by atoms with Crippen molar-refractivity contribution in [2.45, 2.75) is 26.8 Å². The van der Waals surface area contributed by atoms with E-state index in [0.717, 1.165) is 40.8 Å². The highest BCUT2D eigenvalue weighted by molar-refractivity contribution is 8.00. The van der Waals surface area contributed by atoms with E-state index in [9.17, 15) is 8.60 Å². The van der Waals surface area contributed by atoms with Crippen LogP contribution in [0.5, 0.6) is 0 Å². The SMILES string of the molecule is CN/N=C\C(=N)S(=O)N1CCN(CC(C)C)C(c2cc3cnn(-c4ccc(F)cc4)c3cc2C)C1. The molecule has 2 unspecified atom stereocenters. The minimum absolute atomic E-state index is 0.0249. The molecule has 0 radical (unpaired) electrons. The number of piperazine rings is 1. The van der Waals surface area contributed by atoms with Gasteiger partial charge in [0.25, 0.3) is 0 Å². The standard InChI is InChI=1S/C25H32FN7OS/c1-17(2)15-31-9-10-32(35(34)25(27)14-29-28-4)16-24(31)22-12-19-13-30-33(23(19)11-18(22)3)21-7-5-20(26)6-8-21/h5-8,11-14,17,24,27-28H,9-10,15-16H2,1-4H3/b27-25?,29-14-. The molecule has 0 spiro atoms. The first-order chi connectivity index (χ1) is 16.8. The lowest BCUT2D eigenvalue weighted by molar-refractivity contribution is 0.108. The molecule has 2 atom stereocenters. The Kier molecular flexibility index (Phi) is 7.73. The van der Waals surface area contributed by atoms with Crippen molar-refractivity contribution in [2.75, 3.05) is 33.2 Å². The van der Waals surface area contributed by atoms with Gasteiger partial charge in [0.05, 0.1) is 23.6 Å². The molecular weight excluding hydrogens is 465 g/mol. The van der Waals surface area contributed by atoms with E-state index in [2.05, 4.69) is 53.4 Å². The summed E-state index contributed by atoms with van der Waals surface area (Å²) in [7, 11) is 0.0657. The van der Waals surface area contributed by atoms with Gasteiger partial charge in [0.15, 0.2) is 5.04 Å². The van der Waals surface area contributed by atoms with Crippen molar-refractivity contribution in [2.24, 2.45) is 11.0 Å². The molecular formula is C25H32FN7OS. The van der Waals surface area contributed by atoms with Crippen LogP contribution in [0.4, 0.5) is 4.39 Å². The number of nitrogens with zero attached hydrogens (tertiary/aromatic N) is 5. The third-order valence-electron chi connectivity index (χ3n) is 6.17. The molecule has 0 aliphatic carbocycles. The third-order valence-corrected chi connectivity index (χ3v) is 7.46. The van der Waals surface area contributed by atoms with Crippen molar-refractivity contribution in [3.63, 3.8) is 0 Å². The number of halogens is 1. The summed E-state index contributed by atoms with van der Waals surface area (Å²) in [5, 5.41) is 17.5. The van der Waals surface area contributed by atoms with Gasteiger partial charge in [-0.05, 0) is 60.4 Å². The predicted octanol–water partition coefficient (Wildman–Crippen LogP) is 3.63. The van der Waals surface area contributed by atoms with Crippen LogP contribution in [0.3, 0.4) is 0 Å². The van der Waals surface area contributed by atoms with Gasteiger partial charge in [-0.1, -0.05) is 13.8 Å². The summed E-state index contributed by atoms with van der Waals surface area (Å²) in [4.78, 5) is 2.45. The van der Waals surface area contributed by atoms with Crippen LogP contribution in [0, 0.1) is 24.1 Å². The minimum atomic E-state index is -1.58. The van der Waals surface area contributed by atoms with Gasteiger partial charge in [-0.25, -0.2) is 17.6 Å². The highest BCUT2D eigenvalue weighted by Gasteiger charge is 2.33. The number of nitrogens with one attached hydrogen (secondary N) is 2. The summed E-state index contributed by atoms with van der Waals surface area (Å²) >= 11 is 0. The largest absolute Gasteiger partial charge is 0.313 e. The molecule has 2 aromatic carbocycles. The second-order valence-electron chi connectivity index (χ2n) is 9.19. The quantitative estimate of drug-likeness (QED) is 0.296. The van der Waals surface area contributed by atoms with Crippen molar-refractivity contribution < 1.29 is 8.60 Å². The highest BCUT2D eigenvalue weighted by Crippen LogP contribution is 2.32. The Morgan fingerprint density at radius 1 is 1.31 bits per heavy atom. The molecule has 4 rings (SSSR count). The number of aromatic nitrogens is 2. The first kappa shape index (κ1) is 25.2. The molecule has 1 aliphatic heterocycles. The molecule has 2 heterocycles. The van der Waals surface area contributed by atoms with Crippen LogP contribution in [-0.2, 0) is 11.0 Å². The number of rotatable bonds is 7. The average Bonchev–Trinajstić information content (AvgIpc) is 3.24. The molecule has 0 amide bonds. The maximum atomic E-state index is 13.4. The fraction of sp³-hybridized carbons (Fsp3) is 0.400. The zero-order valence-corrected chi connectivity index (χ0v) is 21.3. The number of benzene rings is 2. The van der Waals surface area contributed by atoms with E-state index >= 15 is 0 Å². The van der Waals surface area contributed by atoms with Gasteiger partial charge in [-0.15, -0.1) is 0 Å². The smallest absolute Gasteiger partial charge is 0.154 e. The Hall–Kier alpha value is -2.95. The molecule has 35 heavy (non-hydrogen) atoms. The van der Waals surface area contributed by atoms with E-state index in [-0.39, 0.29) is 16.9 Å². The molecule has 1 saturated heterocycles. The molecule has 186 valence electrons. The van der Waals surface area contributed by atoms with Crippen molar-refractivity contribution in [1.82, 2.24) is 24.4 Å². The van der Waals surface area contributed by atoms with Crippen molar-refractivity contribution >= 4 is 33.1 Å². The van der Waals surface area contributed by atoms with Crippen molar-refractivity contribution in [1.29, 1.82) is 5.41 Å². The highest BCUT2D eigenvalue weighted by atomic mass is 32.2. The number of fused-ring (bicyclic) bond motifs is 1. The van der Waals surface area contributed by atoms with Gasteiger partial charge in [-0.3, -0.25) is 10.3 Å². The number of hydrogen-bond donors (Lipinski definition) is 2. The van der Waals surface area contributed by atoms with Crippen molar-refractivity contribution in [3.8, 4) is 5.69 Å². The van der Waals surface area contributed by atoms with Crippen LogP contribution in [0.1, 0.15) is 31.0 Å². The first-order valence-corrected chi connectivity index (χ1v) is 12.8. The number of aryl methyl sites for hydroxylation is 1. The second kappa shape index (κ2) is 10.8. The van der Waals surface area contributed by atoms with E-state index < -0.39 is 11.0 Å². The van der Waals surface area contributed by atoms with Crippen LogP contribution in [0.2, 0.25) is 0 Å². The summed E-state index contributed by atoms with van der Waals surface area (Å²) in [5.74, 6) is 0.208. The molecule has 8 nitrogen and oxygen atoms in total. The fourth-order valence-electron chi connectivity index (χ4n) is 4.58. The van der Waals surface area contributed by atoms with Gasteiger partial charge >= 0.3 is 0 Å². The lowest BCUT2D eigenvalue weighted by atomic mass is 9.96. The second-order valence-corrected chi connectivity index (χ2v) is 10.6. The zero-order chi connectivity index (χ0) is 25.1. The van der Waals surface area contributed by atoms with E-state index in [1.165, 1.54) is 18.3 Å². The number of hydrogen-bond acceptors (Lipinski definition) is 6. The third kappa shape index (κ3) is 5.50. The molecule has 1 fully saturated rings.